The van der Waals surface area contributed by atoms with Crippen LogP contribution in [0.4, 0.5) is 0 Å². The number of nitrogens with zero attached hydrogens (tertiary/aromatic N) is 1. The van der Waals surface area contributed by atoms with Gasteiger partial charge in [-0.1, -0.05) is 84.9 Å². The maximum atomic E-state index is 13.2. The highest BCUT2D eigenvalue weighted by atomic mass is 16.2. The summed E-state index contributed by atoms with van der Waals surface area (Å²) in [6.07, 6.45) is 5.42. The molecular weight excluding hydrogens is 466 g/mol. The van der Waals surface area contributed by atoms with Crippen LogP contribution in [0.25, 0.3) is 12.2 Å². The zero-order chi connectivity index (χ0) is 26.2. The van der Waals surface area contributed by atoms with Crippen molar-refractivity contribution < 1.29 is 19.2 Å². The van der Waals surface area contributed by atoms with Crippen molar-refractivity contribution in [1.82, 2.24) is 10.2 Å². The Morgan fingerprint density at radius 3 is 2.27 bits per heavy atom. The molecule has 37 heavy (non-hydrogen) atoms. The standard InChI is InChI=1S/C30H29N3O4/c31-29(36)28(35)26(19-22-7-2-1-3-8-22)32-30(37)25-10-5-4-9-24(25)17-16-21-12-14-23(15-13-21)20-33-18-6-11-27(33)34/h1-5,7-10,12-17,26H,6,11,18-20H2,(H2,31,36)(H,32,37)/b17-16+. The Morgan fingerprint density at radius 2 is 1.59 bits per heavy atom. The van der Waals surface area contributed by atoms with Gasteiger partial charge < -0.3 is 16.0 Å². The van der Waals surface area contributed by atoms with Gasteiger partial charge in [0.1, 0.15) is 6.04 Å². The van der Waals surface area contributed by atoms with E-state index in [9.17, 15) is 19.2 Å². The lowest BCUT2D eigenvalue weighted by molar-refractivity contribution is -0.137. The smallest absolute Gasteiger partial charge is 0.287 e. The number of carbonyl (C=O) groups excluding carboxylic acids is 4. The van der Waals surface area contributed by atoms with Gasteiger partial charge in [-0.25, -0.2) is 0 Å². The van der Waals surface area contributed by atoms with Crippen molar-refractivity contribution in [1.29, 1.82) is 0 Å². The summed E-state index contributed by atoms with van der Waals surface area (Å²) in [7, 11) is 0. The molecular formula is C30H29N3O4. The van der Waals surface area contributed by atoms with Gasteiger partial charge in [0.05, 0.1) is 0 Å². The van der Waals surface area contributed by atoms with Crippen LogP contribution in [0.15, 0.2) is 78.9 Å². The van der Waals surface area contributed by atoms with Crippen molar-refractivity contribution in [2.24, 2.45) is 5.73 Å². The van der Waals surface area contributed by atoms with Crippen LogP contribution in [0.2, 0.25) is 0 Å². The summed E-state index contributed by atoms with van der Waals surface area (Å²) in [6, 6.07) is 23.0. The molecule has 0 radical (unpaired) electrons. The number of benzene rings is 3. The van der Waals surface area contributed by atoms with E-state index in [0.29, 0.717) is 24.1 Å². The molecule has 1 atom stereocenters. The fraction of sp³-hybridized carbons (Fsp3) is 0.200. The number of nitrogens with one attached hydrogen (secondary N) is 1. The van der Waals surface area contributed by atoms with Crippen molar-refractivity contribution in [2.45, 2.75) is 31.8 Å². The summed E-state index contributed by atoms with van der Waals surface area (Å²) < 4.78 is 0. The molecule has 1 aliphatic rings. The molecule has 1 heterocycles. The second-order valence-electron chi connectivity index (χ2n) is 9.03. The number of likely N-dealkylation sites (tertiary alicyclic amines) is 1. The highest BCUT2D eigenvalue weighted by molar-refractivity contribution is 6.38. The summed E-state index contributed by atoms with van der Waals surface area (Å²) in [4.78, 5) is 50.9. The summed E-state index contributed by atoms with van der Waals surface area (Å²) in [5, 5.41) is 2.69. The Labute approximate surface area is 216 Å². The largest absolute Gasteiger partial charge is 0.363 e. The van der Waals surface area contributed by atoms with Crippen LogP contribution in [0.5, 0.6) is 0 Å². The molecule has 1 aliphatic heterocycles. The monoisotopic (exact) mass is 495 g/mol. The van der Waals surface area contributed by atoms with Crippen molar-refractivity contribution in [3.05, 3.63) is 107 Å². The number of ketones is 1. The van der Waals surface area contributed by atoms with E-state index < -0.39 is 23.6 Å². The number of primary amides is 1. The van der Waals surface area contributed by atoms with Gasteiger partial charge in [0.2, 0.25) is 11.7 Å². The first-order valence-corrected chi connectivity index (χ1v) is 12.2. The van der Waals surface area contributed by atoms with Gasteiger partial charge in [-0.2, -0.15) is 0 Å². The summed E-state index contributed by atoms with van der Waals surface area (Å²) >= 11 is 0. The fourth-order valence-corrected chi connectivity index (χ4v) is 4.33. The third-order valence-corrected chi connectivity index (χ3v) is 6.33. The second kappa shape index (κ2) is 11.9. The molecule has 0 aliphatic carbocycles. The number of hydrogen-bond acceptors (Lipinski definition) is 4. The molecule has 3 aromatic carbocycles. The van der Waals surface area contributed by atoms with E-state index in [1.807, 2.05) is 77.7 Å². The van der Waals surface area contributed by atoms with Crippen LogP contribution in [0, 0.1) is 0 Å². The minimum atomic E-state index is -1.09. The number of carbonyl (C=O) groups is 4. The molecule has 0 saturated carbocycles. The van der Waals surface area contributed by atoms with E-state index >= 15 is 0 Å². The first kappa shape index (κ1) is 25.6. The number of Topliss-reactive ketones (excluding diaryl/α,β-unsaturated/α-hetero) is 1. The van der Waals surface area contributed by atoms with E-state index in [2.05, 4.69) is 5.32 Å². The Bertz CT molecular complexity index is 1320. The Hall–Kier alpha value is -4.52. The first-order valence-electron chi connectivity index (χ1n) is 12.2. The van der Waals surface area contributed by atoms with Gasteiger partial charge in [0, 0.05) is 31.5 Å². The van der Waals surface area contributed by atoms with Gasteiger partial charge in [-0.3, -0.25) is 19.2 Å². The summed E-state index contributed by atoms with van der Waals surface area (Å²) in [5.41, 5.74) is 9.08. The Balaban J connectivity index is 1.47. The number of rotatable bonds is 10. The Kier molecular flexibility index (Phi) is 8.26. The van der Waals surface area contributed by atoms with Crippen molar-refractivity contribution in [2.75, 3.05) is 6.54 Å². The average Bonchev–Trinajstić information content (AvgIpc) is 3.32. The van der Waals surface area contributed by atoms with Crippen LogP contribution in [-0.2, 0) is 27.3 Å². The number of nitrogens with two attached hydrogens (primary N) is 1. The molecule has 1 fully saturated rings. The molecule has 0 bridgehead atoms. The molecule has 3 amide bonds. The third kappa shape index (κ3) is 6.79. The lowest BCUT2D eigenvalue weighted by Crippen LogP contribution is -2.47. The zero-order valence-corrected chi connectivity index (χ0v) is 20.4. The van der Waals surface area contributed by atoms with Crippen molar-refractivity contribution >= 4 is 35.7 Å². The molecule has 1 unspecified atom stereocenters. The minimum absolute atomic E-state index is 0.154. The second-order valence-corrected chi connectivity index (χ2v) is 9.03. The summed E-state index contributed by atoms with van der Waals surface area (Å²) in [6.45, 7) is 1.41. The normalized spacial score (nSPS) is 14.1. The molecule has 7 nitrogen and oxygen atoms in total. The Morgan fingerprint density at radius 1 is 0.892 bits per heavy atom. The quantitative estimate of drug-likeness (QED) is 0.332. The van der Waals surface area contributed by atoms with Gasteiger partial charge in [-0.15, -0.1) is 0 Å². The maximum Gasteiger partial charge on any atom is 0.287 e. The van der Waals surface area contributed by atoms with Crippen molar-refractivity contribution in [3.8, 4) is 0 Å². The molecule has 0 aromatic heterocycles. The molecule has 1 saturated heterocycles. The zero-order valence-electron chi connectivity index (χ0n) is 20.4. The highest BCUT2D eigenvalue weighted by Gasteiger charge is 2.26. The van der Waals surface area contributed by atoms with E-state index in [4.69, 9.17) is 5.73 Å². The predicted octanol–water partition coefficient (Wildman–Crippen LogP) is 3.37. The van der Waals surface area contributed by atoms with E-state index in [1.54, 1.807) is 18.2 Å². The summed E-state index contributed by atoms with van der Waals surface area (Å²) in [5.74, 6) is -2.21. The average molecular weight is 496 g/mol. The van der Waals surface area contributed by atoms with Crippen LogP contribution >= 0.6 is 0 Å². The fourth-order valence-electron chi connectivity index (χ4n) is 4.33. The SMILES string of the molecule is NC(=O)C(=O)C(Cc1ccccc1)NC(=O)c1ccccc1/C=C/c1ccc(CN2CCCC2=O)cc1. The highest BCUT2D eigenvalue weighted by Crippen LogP contribution is 2.17. The number of hydrogen-bond donors (Lipinski definition) is 2. The van der Waals surface area contributed by atoms with E-state index in [-0.39, 0.29) is 12.3 Å². The van der Waals surface area contributed by atoms with Crippen LogP contribution in [-0.4, -0.2) is 41.0 Å². The lowest BCUT2D eigenvalue weighted by atomic mass is 10.00. The van der Waals surface area contributed by atoms with Crippen molar-refractivity contribution in [3.63, 3.8) is 0 Å². The molecule has 3 N–H and O–H groups in total. The van der Waals surface area contributed by atoms with Gasteiger partial charge in [0.15, 0.2) is 0 Å². The molecule has 188 valence electrons. The third-order valence-electron chi connectivity index (χ3n) is 6.33. The molecule has 0 spiro atoms. The van der Waals surface area contributed by atoms with Gasteiger partial charge in [0.25, 0.3) is 11.8 Å². The molecule has 7 heteroatoms. The van der Waals surface area contributed by atoms with Crippen LogP contribution in [0.3, 0.4) is 0 Å². The van der Waals surface area contributed by atoms with Crippen LogP contribution in [0.1, 0.15) is 45.5 Å². The number of amides is 3. The lowest BCUT2D eigenvalue weighted by Gasteiger charge is -2.17. The van der Waals surface area contributed by atoms with E-state index in [1.165, 1.54) is 0 Å². The molecule has 4 rings (SSSR count). The first-order chi connectivity index (χ1) is 17.9. The minimum Gasteiger partial charge on any atom is -0.363 e. The van der Waals surface area contributed by atoms with Gasteiger partial charge in [-0.05, 0) is 34.7 Å². The van der Waals surface area contributed by atoms with Gasteiger partial charge >= 0.3 is 0 Å². The van der Waals surface area contributed by atoms with E-state index in [0.717, 1.165) is 29.7 Å². The van der Waals surface area contributed by atoms with Crippen LogP contribution < -0.4 is 11.1 Å². The maximum absolute atomic E-state index is 13.2. The topological polar surface area (TPSA) is 110 Å². The molecule has 3 aromatic rings. The predicted molar refractivity (Wildman–Crippen MR) is 142 cm³/mol.